The quantitative estimate of drug-likeness (QED) is 0.655. The Bertz CT molecular complexity index is 488. The fourth-order valence-corrected chi connectivity index (χ4v) is 2.03. The molecule has 2 rings (SSSR count). The minimum Gasteiger partial charge on any atom is -0.352 e. The van der Waals surface area contributed by atoms with Crippen molar-refractivity contribution in [3.8, 4) is 0 Å². The number of nitrogens with two attached hydrogens (primary N) is 1. The van der Waals surface area contributed by atoms with Gasteiger partial charge in [-0.2, -0.15) is 0 Å². The van der Waals surface area contributed by atoms with E-state index in [0.717, 1.165) is 24.3 Å². The molecule has 0 spiro atoms. The predicted octanol–water partition coefficient (Wildman–Crippen LogP) is 1.07. The van der Waals surface area contributed by atoms with Crippen LogP contribution >= 0.6 is 12.4 Å². The van der Waals surface area contributed by atoms with Crippen molar-refractivity contribution in [3.63, 3.8) is 0 Å². The molecule has 1 fully saturated rings. The van der Waals surface area contributed by atoms with E-state index in [-0.39, 0.29) is 24.2 Å². The van der Waals surface area contributed by atoms with Crippen LogP contribution in [-0.4, -0.2) is 25.0 Å². The van der Waals surface area contributed by atoms with Gasteiger partial charge in [-0.1, -0.05) is 19.1 Å². The molecule has 1 aliphatic heterocycles. The number of halogens is 1. The summed E-state index contributed by atoms with van der Waals surface area (Å²) in [6.07, 6.45) is 0. The second-order valence-corrected chi connectivity index (χ2v) is 5.11. The van der Waals surface area contributed by atoms with Crippen molar-refractivity contribution in [2.45, 2.75) is 13.5 Å². The molecule has 1 heterocycles. The average Bonchev–Trinajstić information content (AvgIpc) is 2.35. The van der Waals surface area contributed by atoms with Gasteiger partial charge in [0, 0.05) is 18.2 Å². The van der Waals surface area contributed by atoms with Crippen LogP contribution in [0.25, 0.3) is 0 Å². The smallest absolute Gasteiger partial charge is 0.312 e. The Morgan fingerprint density at radius 2 is 1.95 bits per heavy atom. The van der Waals surface area contributed by atoms with E-state index < -0.39 is 6.03 Å². The third-order valence-corrected chi connectivity index (χ3v) is 3.62. The summed E-state index contributed by atoms with van der Waals surface area (Å²) in [6, 6.07) is 6.79. The number of hydrogen-bond acceptors (Lipinski definition) is 3. The van der Waals surface area contributed by atoms with E-state index >= 15 is 0 Å². The monoisotopic (exact) mass is 312 g/mol. The maximum Gasteiger partial charge on any atom is 0.312 e. The Balaban J connectivity index is 0.00000220. The van der Waals surface area contributed by atoms with Gasteiger partial charge in [-0.3, -0.25) is 4.79 Å². The van der Waals surface area contributed by atoms with Crippen LogP contribution < -0.4 is 21.7 Å². The summed E-state index contributed by atoms with van der Waals surface area (Å²) in [5.74, 6) is 0.473. The summed E-state index contributed by atoms with van der Waals surface area (Å²) in [7, 11) is 0. The minimum absolute atomic E-state index is 0. The van der Waals surface area contributed by atoms with Crippen molar-refractivity contribution in [2.75, 3.05) is 18.4 Å². The molecule has 1 atom stereocenters. The summed E-state index contributed by atoms with van der Waals surface area (Å²) < 4.78 is 0. The Morgan fingerprint density at radius 1 is 1.33 bits per heavy atom. The number of benzene rings is 1. The zero-order valence-electron chi connectivity index (χ0n) is 11.9. The molecule has 1 aliphatic rings. The molecule has 0 radical (unpaired) electrons. The van der Waals surface area contributed by atoms with Crippen LogP contribution in [0, 0.1) is 11.8 Å². The molecule has 5 N–H and O–H groups in total. The first-order valence-electron chi connectivity index (χ1n) is 6.70. The van der Waals surface area contributed by atoms with E-state index in [1.165, 1.54) is 0 Å². The second-order valence-electron chi connectivity index (χ2n) is 5.11. The van der Waals surface area contributed by atoms with Gasteiger partial charge in [0.05, 0.1) is 0 Å². The zero-order chi connectivity index (χ0) is 14.5. The molecule has 3 amide bonds. The maximum atomic E-state index is 12.0. The van der Waals surface area contributed by atoms with Gasteiger partial charge >= 0.3 is 6.03 Å². The van der Waals surface area contributed by atoms with Gasteiger partial charge in [-0.25, -0.2) is 4.79 Å². The van der Waals surface area contributed by atoms with Crippen LogP contribution in [-0.2, 0) is 11.3 Å². The first-order chi connectivity index (χ1) is 9.56. The first-order valence-corrected chi connectivity index (χ1v) is 6.70. The van der Waals surface area contributed by atoms with Crippen molar-refractivity contribution in [1.82, 2.24) is 10.6 Å². The predicted molar refractivity (Wildman–Crippen MR) is 84.3 cm³/mol. The molecule has 1 unspecified atom stereocenters. The lowest BCUT2D eigenvalue weighted by molar-refractivity contribution is -0.121. The molecule has 7 heteroatoms. The summed E-state index contributed by atoms with van der Waals surface area (Å²) in [5, 5.41) is 8.59. The normalized spacial score (nSPS) is 15.3. The fourth-order valence-electron chi connectivity index (χ4n) is 2.03. The third kappa shape index (κ3) is 4.91. The van der Waals surface area contributed by atoms with Crippen LogP contribution in [0.4, 0.5) is 10.5 Å². The Kier molecular flexibility index (Phi) is 6.45. The Labute approximate surface area is 130 Å². The van der Waals surface area contributed by atoms with E-state index in [1.54, 1.807) is 0 Å². The van der Waals surface area contributed by atoms with Crippen LogP contribution in [0.15, 0.2) is 24.3 Å². The highest BCUT2D eigenvalue weighted by molar-refractivity contribution is 5.92. The second kappa shape index (κ2) is 7.85. The number of primary amides is 1. The van der Waals surface area contributed by atoms with Crippen LogP contribution in [0.2, 0.25) is 0 Å². The molecule has 1 saturated heterocycles. The zero-order valence-corrected chi connectivity index (χ0v) is 12.7. The largest absolute Gasteiger partial charge is 0.352 e. The molecule has 21 heavy (non-hydrogen) atoms. The summed E-state index contributed by atoms with van der Waals surface area (Å²) in [4.78, 5) is 22.6. The molecule has 116 valence electrons. The van der Waals surface area contributed by atoms with E-state index in [9.17, 15) is 9.59 Å². The number of hydrogen-bond donors (Lipinski definition) is 4. The van der Waals surface area contributed by atoms with Gasteiger partial charge in [0.15, 0.2) is 0 Å². The average molecular weight is 313 g/mol. The molecular formula is C14H21ClN4O2. The van der Waals surface area contributed by atoms with Crippen LogP contribution in [0.5, 0.6) is 0 Å². The molecule has 0 saturated carbocycles. The lowest BCUT2D eigenvalue weighted by Crippen LogP contribution is -2.48. The Hall–Kier alpha value is -1.79. The number of anilines is 1. The number of urea groups is 1. The van der Waals surface area contributed by atoms with Gasteiger partial charge in [-0.15, -0.1) is 12.4 Å². The highest BCUT2D eigenvalue weighted by Crippen LogP contribution is 2.18. The van der Waals surface area contributed by atoms with Crippen molar-refractivity contribution in [3.05, 3.63) is 29.8 Å². The van der Waals surface area contributed by atoms with Crippen LogP contribution in [0.3, 0.4) is 0 Å². The van der Waals surface area contributed by atoms with Gasteiger partial charge in [0.1, 0.15) is 0 Å². The van der Waals surface area contributed by atoms with Crippen molar-refractivity contribution in [2.24, 2.45) is 17.6 Å². The van der Waals surface area contributed by atoms with E-state index in [2.05, 4.69) is 16.0 Å². The fraction of sp³-hybridized carbons (Fsp3) is 0.429. The number of nitrogens with one attached hydrogen (secondary N) is 3. The van der Waals surface area contributed by atoms with Gasteiger partial charge in [-0.05, 0) is 36.7 Å². The summed E-state index contributed by atoms with van der Waals surface area (Å²) in [5.41, 5.74) is 6.69. The topological polar surface area (TPSA) is 96.2 Å². The third-order valence-electron chi connectivity index (χ3n) is 3.62. The number of rotatable bonds is 5. The Morgan fingerprint density at radius 3 is 2.43 bits per heavy atom. The van der Waals surface area contributed by atoms with E-state index in [4.69, 9.17) is 5.73 Å². The molecule has 1 aromatic carbocycles. The lowest BCUT2D eigenvalue weighted by Gasteiger charge is -2.31. The molecule has 0 bridgehead atoms. The summed E-state index contributed by atoms with van der Waals surface area (Å²) in [6.45, 7) is 4.15. The summed E-state index contributed by atoms with van der Waals surface area (Å²) >= 11 is 0. The molecule has 0 aliphatic carbocycles. The molecule has 0 aromatic heterocycles. The van der Waals surface area contributed by atoms with Crippen molar-refractivity contribution >= 4 is 30.0 Å². The standard InChI is InChI=1S/C14H20N4O2.ClH/c1-9(11-7-16-8-11)13(19)18-12-4-2-10(3-5-12)6-17-14(15)20;/h2-5,9,11,16H,6-8H2,1H3,(H,18,19)(H3,15,17,20);1H. The minimum atomic E-state index is -0.551. The van der Waals surface area contributed by atoms with Gasteiger partial charge < -0.3 is 21.7 Å². The number of carbonyl (C=O) groups excluding carboxylic acids is 2. The number of carbonyl (C=O) groups is 2. The maximum absolute atomic E-state index is 12.0. The number of amides is 3. The molecular weight excluding hydrogens is 292 g/mol. The lowest BCUT2D eigenvalue weighted by atomic mass is 9.88. The van der Waals surface area contributed by atoms with Crippen molar-refractivity contribution < 1.29 is 9.59 Å². The van der Waals surface area contributed by atoms with Gasteiger partial charge in [0.2, 0.25) is 5.91 Å². The molecule has 6 nitrogen and oxygen atoms in total. The van der Waals surface area contributed by atoms with Crippen LogP contribution in [0.1, 0.15) is 12.5 Å². The first kappa shape index (κ1) is 17.3. The van der Waals surface area contributed by atoms with E-state index in [1.807, 2.05) is 31.2 Å². The SMILES string of the molecule is CC(C(=O)Nc1ccc(CNC(N)=O)cc1)C1CNC1.Cl. The van der Waals surface area contributed by atoms with Crippen molar-refractivity contribution in [1.29, 1.82) is 0 Å². The van der Waals surface area contributed by atoms with Gasteiger partial charge in [0.25, 0.3) is 0 Å². The highest BCUT2D eigenvalue weighted by Gasteiger charge is 2.28. The van der Waals surface area contributed by atoms with E-state index in [0.29, 0.717) is 12.5 Å². The molecule has 1 aromatic rings. The highest BCUT2D eigenvalue weighted by atomic mass is 35.5.